The van der Waals surface area contributed by atoms with Crippen LogP contribution in [0, 0.1) is 13.8 Å². The summed E-state index contributed by atoms with van der Waals surface area (Å²) in [7, 11) is -2.98. The van der Waals surface area contributed by atoms with Crippen molar-refractivity contribution in [2.45, 2.75) is 26.3 Å². The second-order valence-electron chi connectivity index (χ2n) is 8.74. The summed E-state index contributed by atoms with van der Waals surface area (Å²) in [5.41, 5.74) is 4.11. The van der Waals surface area contributed by atoms with Gasteiger partial charge in [-0.1, -0.05) is 35.5 Å². The molecule has 0 saturated carbocycles. The van der Waals surface area contributed by atoms with Crippen molar-refractivity contribution in [1.82, 2.24) is 19.8 Å². The van der Waals surface area contributed by atoms with Gasteiger partial charge in [0.2, 0.25) is 0 Å². The van der Waals surface area contributed by atoms with Gasteiger partial charge in [0.25, 0.3) is 5.91 Å². The lowest BCUT2D eigenvalue weighted by Gasteiger charge is -2.36. The highest BCUT2D eigenvalue weighted by molar-refractivity contribution is 7.91. The standard InChI is InChI=1S/C23H27N5O4S/c1-16-22(17(2)28(24-16)19-8-13-33(30,31)15-19)26-9-11-27(12-10-26)23(29)20-14-21(32-25-20)18-6-4-3-5-7-18/h3-7,14,19H,8-13,15H2,1-2H3/t19-/m0/s1. The summed E-state index contributed by atoms with van der Waals surface area (Å²) in [4.78, 5) is 17.0. The molecule has 3 aromatic rings. The van der Waals surface area contributed by atoms with E-state index in [0.717, 1.165) is 22.6 Å². The van der Waals surface area contributed by atoms with E-state index in [4.69, 9.17) is 4.52 Å². The van der Waals surface area contributed by atoms with E-state index in [1.807, 2.05) is 48.9 Å². The van der Waals surface area contributed by atoms with Crippen molar-refractivity contribution in [3.8, 4) is 11.3 Å². The number of hydrogen-bond donors (Lipinski definition) is 0. The molecule has 1 atom stereocenters. The van der Waals surface area contributed by atoms with Crippen LogP contribution in [0.2, 0.25) is 0 Å². The molecule has 10 heteroatoms. The van der Waals surface area contributed by atoms with Gasteiger partial charge in [-0.05, 0) is 20.3 Å². The van der Waals surface area contributed by atoms with E-state index in [9.17, 15) is 13.2 Å². The van der Waals surface area contributed by atoms with Crippen molar-refractivity contribution in [1.29, 1.82) is 0 Å². The van der Waals surface area contributed by atoms with E-state index in [2.05, 4.69) is 15.2 Å². The molecule has 0 spiro atoms. The Morgan fingerprint density at radius 3 is 2.48 bits per heavy atom. The normalized spacial score (nSPS) is 20.4. The monoisotopic (exact) mass is 469 g/mol. The third-order valence-corrected chi connectivity index (χ3v) is 8.26. The maximum atomic E-state index is 13.0. The number of sulfone groups is 1. The molecule has 0 bridgehead atoms. The lowest BCUT2D eigenvalue weighted by Crippen LogP contribution is -2.49. The van der Waals surface area contributed by atoms with Crippen LogP contribution in [0.3, 0.4) is 0 Å². The number of anilines is 1. The molecule has 0 aliphatic carbocycles. The average molecular weight is 470 g/mol. The van der Waals surface area contributed by atoms with E-state index in [1.165, 1.54) is 0 Å². The lowest BCUT2D eigenvalue weighted by atomic mass is 10.1. The zero-order valence-electron chi connectivity index (χ0n) is 18.8. The van der Waals surface area contributed by atoms with Crippen molar-refractivity contribution >= 4 is 21.4 Å². The Balaban J connectivity index is 1.26. The maximum Gasteiger partial charge on any atom is 0.276 e. The third-order valence-electron chi connectivity index (χ3n) is 6.51. The van der Waals surface area contributed by atoms with Crippen molar-refractivity contribution < 1.29 is 17.7 Å². The highest BCUT2D eigenvalue weighted by Gasteiger charge is 2.33. The van der Waals surface area contributed by atoms with E-state index in [-0.39, 0.29) is 23.5 Å². The van der Waals surface area contributed by atoms with Crippen LogP contribution in [0.4, 0.5) is 5.69 Å². The predicted octanol–water partition coefficient (Wildman–Crippen LogP) is 2.48. The van der Waals surface area contributed by atoms with Gasteiger partial charge in [0.1, 0.15) is 0 Å². The molecule has 2 aromatic heterocycles. The summed E-state index contributed by atoms with van der Waals surface area (Å²) >= 11 is 0. The first-order valence-electron chi connectivity index (χ1n) is 11.1. The molecule has 5 rings (SSSR count). The van der Waals surface area contributed by atoms with Crippen molar-refractivity contribution in [3.63, 3.8) is 0 Å². The number of aromatic nitrogens is 3. The highest BCUT2D eigenvalue weighted by atomic mass is 32.2. The van der Waals surface area contributed by atoms with E-state index in [1.54, 1.807) is 11.0 Å². The number of benzene rings is 1. The largest absolute Gasteiger partial charge is 0.365 e. The van der Waals surface area contributed by atoms with Gasteiger partial charge in [0, 0.05) is 37.8 Å². The number of rotatable bonds is 4. The smallest absolute Gasteiger partial charge is 0.276 e. The van der Waals surface area contributed by atoms with Crippen molar-refractivity contribution in [2.75, 3.05) is 42.6 Å². The summed E-state index contributed by atoms with van der Waals surface area (Å²) in [6.45, 7) is 6.43. The van der Waals surface area contributed by atoms with Gasteiger partial charge in [0.05, 0.1) is 34.6 Å². The van der Waals surface area contributed by atoms with Crippen molar-refractivity contribution in [3.05, 3.63) is 53.5 Å². The molecule has 2 aliphatic rings. The lowest BCUT2D eigenvalue weighted by molar-refractivity contribution is 0.0736. The Morgan fingerprint density at radius 1 is 1.09 bits per heavy atom. The van der Waals surface area contributed by atoms with Crippen LogP contribution in [0.15, 0.2) is 40.9 Å². The van der Waals surface area contributed by atoms with E-state index < -0.39 is 9.84 Å². The quantitative estimate of drug-likeness (QED) is 0.578. The van der Waals surface area contributed by atoms with Gasteiger partial charge in [-0.2, -0.15) is 5.10 Å². The third kappa shape index (κ3) is 4.15. The molecule has 2 fully saturated rings. The molecule has 2 aliphatic heterocycles. The van der Waals surface area contributed by atoms with Crippen LogP contribution >= 0.6 is 0 Å². The molecule has 1 aromatic carbocycles. The fourth-order valence-electron chi connectivity index (χ4n) is 4.85. The molecule has 9 nitrogen and oxygen atoms in total. The fraction of sp³-hybridized carbons (Fsp3) is 0.435. The van der Waals surface area contributed by atoms with Crippen LogP contribution in [0.1, 0.15) is 34.3 Å². The van der Waals surface area contributed by atoms with E-state index >= 15 is 0 Å². The SMILES string of the molecule is Cc1nn([C@H]2CCS(=O)(=O)C2)c(C)c1N1CCN(C(=O)c2cc(-c3ccccc3)on2)CC1. The molecular formula is C23H27N5O4S. The number of amides is 1. The van der Waals surface area contributed by atoms with Crippen LogP contribution in [0.25, 0.3) is 11.3 Å². The molecule has 4 heterocycles. The molecule has 0 N–H and O–H groups in total. The second kappa shape index (κ2) is 8.33. The molecular weight excluding hydrogens is 442 g/mol. The molecule has 0 unspecified atom stereocenters. The Hall–Kier alpha value is -3.14. The fourth-order valence-corrected chi connectivity index (χ4v) is 6.54. The average Bonchev–Trinajstić information content (AvgIpc) is 3.51. The second-order valence-corrected chi connectivity index (χ2v) is 11.0. The minimum Gasteiger partial charge on any atom is -0.365 e. The van der Waals surface area contributed by atoms with Gasteiger partial charge in [-0.25, -0.2) is 8.42 Å². The molecule has 2 saturated heterocycles. The summed E-state index contributed by atoms with van der Waals surface area (Å²) < 4.78 is 31.1. The molecule has 174 valence electrons. The Bertz CT molecular complexity index is 1270. The van der Waals surface area contributed by atoms with Gasteiger partial charge >= 0.3 is 0 Å². The molecule has 0 radical (unpaired) electrons. The minimum atomic E-state index is -2.98. The Labute approximate surface area is 192 Å². The number of piperazine rings is 1. The summed E-state index contributed by atoms with van der Waals surface area (Å²) in [6.07, 6.45) is 0.606. The number of aryl methyl sites for hydroxylation is 1. The first-order chi connectivity index (χ1) is 15.8. The van der Waals surface area contributed by atoms with Gasteiger partial charge in [-0.3, -0.25) is 9.48 Å². The van der Waals surface area contributed by atoms with Crippen LogP contribution in [0.5, 0.6) is 0 Å². The Morgan fingerprint density at radius 2 is 1.82 bits per heavy atom. The zero-order chi connectivity index (χ0) is 23.2. The number of hydrogen-bond acceptors (Lipinski definition) is 7. The van der Waals surface area contributed by atoms with Crippen molar-refractivity contribution in [2.24, 2.45) is 0 Å². The number of nitrogens with zero attached hydrogens (tertiary/aromatic N) is 5. The van der Waals surface area contributed by atoms with Gasteiger partial charge in [0.15, 0.2) is 21.3 Å². The predicted molar refractivity (Wildman–Crippen MR) is 124 cm³/mol. The Kier molecular flexibility index (Phi) is 5.48. The van der Waals surface area contributed by atoms with Crippen LogP contribution < -0.4 is 4.90 Å². The minimum absolute atomic E-state index is 0.101. The topological polar surface area (TPSA) is 102 Å². The zero-order valence-corrected chi connectivity index (χ0v) is 19.6. The van der Waals surface area contributed by atoms with E-state index in [0.29, 0.717) is 44.1 Å². The summed E-state index contributed by atoms with van der Waals surface area (Å²) in [5, 5.41) is 8.66. The first-order valence-corrected chi connectivity index (χ1v) is 13.0. The molecule has 1 amide bonds. The van der Waals surface area contributed by atoms with Gasteiger partial charge < -0.3 is 14.3 Å². The van der Waals surface area contributed by atoms with Gasteiger partial charge in [-0.15, -0.1) is 0 Å². The van der Waals surface area contributed by atoms with Crippen LogP contribution in [-0.2, 0) is 9.84 Å². The first kappa shape index (κ1) is 21.7. The highest BCUT2D eigenvalue weighted by Crippen LogP contribution is 2.32. The maximum absolute atomic E-state index is 13.0. The summed E-state index contributed by atoms with van der Waals surface area (Å²) in [5.74, 6) is 0.811. The summed E-state index contributed by atoms with van der Waals surface area (Å²) in [6, 6.07) is 11.2. The molecule has 33 heavy (non-hydrogen) atoms. The number of carbonyl (C=O) groups excluding carboxylic acids is 1. The number of carbonyl (C=O) groups is 1. The van der Waals surface area contributed by atoms with Crippen LogP contribution in [-0.4, -0.2) is 71.8 Å².